The molecule has 19 heavy (non-hydrogen) atoms. The SMILES string of the molecule is NCc1cnc2ccccc2c1OCc1cccs1. The maximum absolute atomic E-state index is 5.98. The summed E-state index contributed by atoms with van der Waals surface area (Å²) in [5, 5.41) is 3.06. The minimum Gasteiger partial charge on any atom is -0.487 e. The number of rotatable bonds is 4. The number of aromatic nitrogens is 1. The molecule has 0 saturated heterocycles. The van der Waals surface area contributed by atoms with Crippen LogP contribution in [0.5, 0.6) is 5.75 Å². The number of ether oxygens (including phenoxy) is 1. The first kappa shape index (κ1) is 12.1. The van der Waals surface area contributed by atoms with Gasteiger partial charge in [0.05, 0.1) is 5.52 Å². The van der Waals surface area contributed by atoms with Crippen molar-refractivity contribution in [3.05, 3.63) is 58.4 Å². The lowest BCUT2D eigenvalue weighted by atomic mass is 10.1. The van der Waals surface area contributed by atoms with E-state index in [1.54, 1.807) is 17.5 Å². The molecule has 0 radical (unpaired) electrons. The van der Waals surface area contributed by atoms with Gasteiger partial charge in [0.2, 0.25) is 0 Å². The molecule has 0 fully saturated rings. The Morgan fingerprint density at radius 1 is 1.16 bits per heavy atom. The van der Waals surface area contributed by atoms with E-state index in [0.29, 0.717) is 13.2 Å². The predicted molar refractivity (Wildman–Crippen MR) is 78.3 cm³/mol. The van der Waals surface area contributed by atoms with Crippen LogP contribution in [0.15, 0.2) is 48.0 Å². The summed E-state index contributed by atoms with van der Waals surface area (Å²) >= 11 is 1.69. The van der Waals surface area contributed by atoms with E-state index >= 15 is 0 Å². The van der Waals surface area contributed by atoms with Crippen molar-refractivity contribution in [3.8, 4) is 5.75 Å². The fourth-order valence-electron chi connectivity index (χ4n) is 2.01. The van der Waals surface area contributed by atoms with Gasteiger partial charge in [-0.15, -0.1) is 11.3 Å². The van der Waals surface area contributed by atoms with Crippen molar-refractivity contribution in [1.29, 1.82) is 0 Å². The molecule has 0 unspecified atom stereocenters. The van der Waals surface area contributed by atoms with Gasteiger partial charge in [-0.3, -0.25) is 4.98 Å². The van der Waals surface area contributed by atoms with E-state index in [0.717, 1.165) is 22.2 Å². The molecule has 0 atom stereocenters. The van der Waals surface area contributed by atoms with Gasteiger partial charge in [-0.05, 0) is 23.6 Å². The number of nitrogens with two attached hydrogens (primary N) is 1. The third-order valence-corrected chi connectivity index (χ3v) is 3.81. The summed E-state index contributed by atoms with van der Waals surface area (Å²) in [5.74, 6) is 0.849. The number of para-hydroxylation sites is 1. The Bertz CT molecular complexity index is 680. The summed E-state index contributed by atoms with van der Waals surface area (Å²) in [6, 6.07) is 12.1. The first-order valence-electron chi connectivity index (χ1n) is 6.10. The maximum atomic E-state index is 5.98. The van der Waals surface area contributed by atoms with Gasteiger partial charge in [-0.2, -0.15) is 0 Å². The molecule has 0 saturated carbocycles. The van der Waals surface area contributed by atoms with Crippen LogP contribution < -0.4 is 10.5 Å². The molecule has 0 aliphatic heterocycles. The van der Waals surface area contributed by atoms with Crippen LogP contribution in [0.2, 0.25) is 0 Å². The van der Waals surface area contributed by atoms with Crippen LogP contribution in [0.25, 0.3) is 10.9 Å². The zero-order valence-corrected chi connectivity index (χ0v) is 11.2. The monoisotopic (exact) mass is 270 g/mol. The average molecular weight is 270 g/mol. The van der Waals surface area contributed by atoms with Crippen molar-refractivity contribution < 1.29 is 4.74 Å². The molecule has 3 nitrogen and oxygen atoms in total. The molecule has 1 aromatic carbocycles. The lowest BCUT2D eigenvalue weighted by Gasteiger charge is -2.12. The van der Waals surface area contributed by atoms with Crippen LogP contribution in [0.4, 0.5) is 0 Å². The van der Waals surface area contributed by atoms with Crippen molar-refractivity contribution in [2.24, 2.45) is 5.73 Å². The van der Waals surface area contributed by atoms with Gasteiger partial charge in [0.15, 0.2) is 0 Å². The number of benzene rings is 1. The summed E-state index contributed by atoms with van der Waals surface area (Å²) in [6.45, 7) is 0.996. The van der Waals surface area contributed by atoms with Gasteiger partial charge in [-0.25, -0.2) is 0 Å². The molecule has 2 heterocycles. The highest BCUT2D eigenvalue weighted by Gasteiger charge is 2.09. The van der Waals surface area contributed by atoms with Crippen LogP contribution in [0.3, 0.4) is 0 Å². The van der Waals surface area contributed by atoms with Crippen molar-refractivity contribution in [2.75, 3.05) is 0 Å². The first-order chi connectivity index (χ1) is 9.38. The van der Waals surface area contributed by atoms with Gasteiger partial charge in [0, 0.05) is 28.6 Å². The van der Waals surface area contributed by atoms with Gasteiger partial charge in [0.25, 0.3) is 0 Å². The quantitative estimate of drug-likeness (QED) is 0.791. The lowest BCUT2D eigenvalue weighted by molar-refractivity contribution is 0.310. The summed E-state index contributed by atoms with van der Waals surface area (Å²) in [4.78, 5) is 5.60. The van der Waals surface area contributed by atoms with E-state index in [1.807, 2.05) is 35.7 Å². The normalized spacial score (nSPS) is 10.8. The predicted octanol–water partition coefficient (Wildman–Crippen LogP) is 3.33. The number of thiophene rings is 1. The molecular weight excluding hydrogens is 256 g/mol. The van der Waals surface area contributed by atoms with E-state index in [-0.39, 0.29) is 0 Å². The van der Waals surface area contributed by atoms with E-state index in [2.05, 4.69) is 11.1 Å². The van der Waals surface area contributed by atoms with Gasteiger partial charge in [-0.1, -0.05) is 18.2 Å². The van der Waals surface area contributed by atoms with E-state index in [1.165, 1.54) is 4.88 Å². The van der Waals surface area contributed by atoms with Crippen LogP contribution in [0.1, 0.15) is 10.4 Å². The smallest absolute Gasteiger partial charge is 0.135 e. The Morgan fingerprint density at radius 3 is 2.84 bits per heavy atom. The van der Waals surface area contributed by atoms with Crippen molar-refractivity contribution in [3.63, 3.8) is 0 Å². The standard InChI is InChI=1S/C15H14N2OS/c16-8-11-9-17-14-6-2-1-5-13(14)15(11)18-10-12-4-3-7-19-12/h1-7,9H,8,10,16H2. The zero-order valence-electron chi connectivity index (χ0n) is 10.4. The number of hydrogen-bond acceptors (Lipinski definition) is 4. The molecule has 96 valence electrons. The highest BCUT2D eigenvalue weighted by atomic mass is 32.1. The summed E-state index contributed by atoms with van der Waals surface area (Å²) in [7, 11) is 0. The largest absolute Gasteiger partial charge is 0.487 e. The van der Waals surface area contributed by atoms with E-state index in [4.69, 9.17) is 10.5 Å². The number of pyridine rings is 1. The highest BCUT2D eigenvalue weighted by molar-refractivity contribution is 7.09. The van der Waals surface area contributed by atoms with Crippen molar-refractivity contribution in [2.45, 2.75) is 13.2 Å². The highest BCUT2D eigenvalue weighted by Crippen LogP contribution is 2.29. The average Bonchev–Trinajstić information content (AvgIpc) is 2.97. The molecule has 4 heteroatoms. The number of fused-ring (bicyclic) bond motifs is 1. The molecule has 0 spiro atoms. The summed E-state index contributed by atoms with van der Waals surface area (Å²) in [6.07, 6.45) is 1.80. The Labute approximate surface area is 115 Å². The van der Waals surface area contributed by atoms with Crippen LogP contribution >= 0.6 is 11.3 Å². The fraction of sp³-hybridized carbons (Fsp3) is 0.133. The summed E-state index contributed by atoms with van der Waals surface area (Å²) < 4.78 is 5.98. The third kappa shape index (κ3) is 2.45. The summed E-state index contributed by atoms with van der Waals surface area (Å²) in [5.41, 5.74) is 7.64. The molecule has 0 aliphatic rings. The van der Waals surface area contributed by atoms with Crippen molar-refractivity contribution in [1.82, 2.24) is 4.98 Å². The van der Waals surface area contributed by atoms with E-state index in [9.17, 15) is 0 Å². The minimum absolute atomic E-state index is 0.428. The van der Waals surface area contributed by atoms with Gasteiger partial charge < -0.3 is 10.5 Å². The van der Waals surface area contributed by atoms with Crippen molar-refractivity contribution >= 4 is 22.2 Å². The number of nitrogens with zero attached hydrogens (tertiary/aromatic N) is 1. The zero-order chi connectivity index (χ0) is 13.1. The second kappa shape index (κ2) is 5.38. The Hall–Kier alpha value is -1.91. The Balaban J connectivity index is 1.99. The molecule has 0 bridgehead atoms. The number of hydrogen-bond donors (Lipinski definition) is 1. The second-order valence-electron chi connectivity index (χ2n) is 4.20. The Morgan fingerprint density at radius 2 is 2.05 bits per heavy atom. The minimum atomic E-state index is 0.428. The molecular formula is C15H14N2OS. The van der Waals surface area contributed by atoms with E-state index < -0.39 is 0 Å². The maximum Gasteiger partial charge on any atom is 0.135 e. The van der Waals surface area contributed by atoms with Gasteiger partial charge in [0.1, 0.15) is 12.4 Å². The first-order valence-corrected chi connectivity index (χ1v) is 6.98. The molecule has 0 aliphatic carbocycles. The van der Waals surface area contributed by atoms with Crippen LogP contribution in [-0.4, -0.2) is 4.98 Å². The van der Waals surface area contributed by atoms with Crippen LogP contribution in [0, 0.1) is 0 Å². The fourth-order valence-corrected chi connectivity index (χ4v) is 2.63. The van der Waals surface area contributed by atoms with Gasteiger partial charge >= 0.3 is 0 Å². The molecule has 0 amide bonds. The third-order valence-electron chi connectivity index (χ3n) is 2.96. The lowest BCUT2D eigenvalue weighted by Crippen LogP contribution is -2.03. The Kier molecular flexibility index (Phi) is 3.44. The molecule has 3 rings (SSSR count). The molecule has 3 aromatic rings. The van der Waals surface area contributed by atoms with Crippen LogP contribution in [-0.2, 0) is 13.2 Å². The second-order valence-corrected chi connectivity index (χ2v) is 5.23. The molecule has 2 aromatic heterocycles. The topological polar surface area (TPSA) is 48.1 Å². The molecule has 2 N–H and O–H groups in total.